The molecule has 0 saturated heterocycles. The van der Waals surface area contributed by atoms with Crippen molar-refractivity contribution >= 4 is 17.4 Å². The Bertz CT molecular complexity index is 727. The van der Waals surface area contributed by atoms with Crippen LogP contribution in [0.2, 0.25) is 0 Å². The van der Waals surface area contributed by atoms with Gasteiger partial charge in [-0.1, -0.05) is 29.8 Å². The summed E-state index contributed by atoms with van der Waals surface area (Å²) < 4.78 is 5.50. The van der Waals surface area contributed by atoms with E-state index in [1.54, 1.807) is 24.3 Å². The van der Waals surface area contributed by atoms with Crippen LogP contribution in [0.5, 0.6) is 5.75 Å². The van der Waals surface area contributed by atoms with E-state index in [1.165, 1.54) is 6.92 Å². The SMILES string of the molecule is CC(=O)c1ccccc1OCC(=O)Nc1c(C)cc(C)cc1C. The van der Waals surface area contributed by atoms with Crippen LogP contribution in [0.4, 0.5) is 5.69 Å². The van der Waals surface area contributed by atoms with Crippen LogP contribution in [-0.4, -0.2) is 18.3 Å². The lowest BCUT2D eigenvalue weighted by Gasteiger charge is -2.14. The second kappa shape index (κ2) is 7.09. The third kappa shape index (κ3) is 4.19. The van der Waals surface area contributed by atoms with Crippen molar-refractivity contribution in [3.8, 4) is 5.75 Å². The fraction of sp³-hybridized carbons (Fsp3) is 0.263. The molecule has 0 spiro atoms. The van der Waals surface area contributed by atoms with Gasteiger partial charge in [-0.3, -0.25) is 9.59 Å². The van der Waals surface area contributed by atoms with Crippen molar-refractivity contribution in [1.82, 2.24) is 0 Å². The van der Waals surface area contributed by atoms with Gasteiger partial charge in [-0.05, 0) is 51.0 Å². The number of benzene rings is 2. The highest BCUT2D eigenvalue weighted by atomic mass is 16.5. The third-order valence-corrected chi connectivity index (χ3v) is 3.57. The van der Waals surface area contributed by atoms with Gasteiger partial charge in [-0.25, -0.2) is 0 Å². The molecule has 0 heterocycles. The standard InChI is InChI=1S/C19H21NO3/c1-12-9-13(2)19(14(3)10-12)20-18(22)11-23-17-8-6-5-7-16(17)15(4)21/h5-10H,11H2,1-4H3,(H,20,22). The summed E-state index contributed by atoms with van der Waals surface area (Å²) in [6, 6.07) is 11.0. The largest absolute Gasteiger partial charge is 0.483 e. The predicted molar refractivity (Wildman–Crippen MR) is 91.2 cm³/mol. The molecule has 2 aromatic carbocycles. The normalized spacial score (nSPS) is 10.3. The zero-order valence-electron chi connectivity index (χ0n) is 13.9. The number of amides is 1. The quantitative estimate of drug-likeness (QED) is 0.854. The predicted octanol–water partition coefficient (Wildman–Crippen LogP) is 3.83. The van der Waals surface area contributed by atoms with Crippen molar-refractivity contribution in [1.29, 1.82) is 0 Å². The highest BCUT2D eigenvalue weighted by molar-refractivity contribution is 5.97. The molecule has 0 bridgehead atoms. The Labute approximate surface area is 136 Å². The Morgan fingerprint density at radius 2 is 1.65 bits per heavy atom. The first kappa shape index (κ1) is 16.7. The monoisotopic (exact) mass is 311 g/mol. The summed E-state index contributed by atoms with van der Waals surface area (Å²) in [5.74, 6) is 0.0807. The molecule has 0 fully saturated rings. The molecule has 120 valence electrons. The van der Waals surface area contributed by atoms with E-state index in [1.807, 2.05) is 32.9 Å². The molecule has 1 amide bonds. The lowest BCUT2D eigenvalue weighted by atomic mass is 10.1. The second-order valence-corrected chi connectivity index (χ2v) is 5.66. The summed E-state index contributed by atoms with van der Waals surface area (Å²) in [7, 11) is 0. The van der Waals surface area contributed by atoms with Crippen molar-refractivity contribution in [2.24, 2.45) is 0 Å². The maximum absolute atomic E-state index is 12.1. The summed E-state index contributed by atoms with van der Waals surface area (Å²) in [5, 5.41) is 2.88. The van der Waals surface area contributed by atoms with Gasteiger partial charge in [0.15, 0.2) is 12.4 Å². The van der Waals surface area contributed by atoms with Crippen LogP contribution in [0.3, 0.4) is 0 Å². The van der Waals surface area contributed by atoms with E-state index in [4.69, 9.17) is 4.74 Å². The fourth-order valence-corrected chi connectivity index (χ4v) is 2.58. The molecule has 1 N–H and O–H groups in total. The Balaban J connectivity index is 2.06. The molecule has 0 atom stereocenters. The van der Waals surface area contributed by atoms with E-state index in [-0.39, 0.29) is 18.3 Å². The highest BCUT2D eigenvalue weighted by Gasteiger charge is 2.11. The van der Waals surface area contributed by atoms with Gasteiger partial charge in [0.2, 0.25) is 0 Å². The molecular formula is C19H21NO3. The topological polar surface area (TPSA) is 55.4 Å². The van der Waals surface area contributed by atoms with Crippen molar-refractivity contribution in [3.05, 3.63) is 58.7 Å². The van der Waals surface area contributed by atoms with Crippen LogP contribution in [0, 0.1) is 20.8 Å². The Morgan fingerprint density at radius 3 is 2.26 bits per heavy atom. The molecule has 0 unspecified atom stereocenters. The number of aryl methyl sites for hydroxylation is 3. The van der Waals surface area contributed by atoms with E-state index in [0.717, 1.165) is 22.4 Å². The van der Waals surface area contributed by atoms with E-state index >= 15 is 0 Å². The number of hydrogen-bond acceptors (Lipinski definition) is 3. The van der Waals surface area contributed by atoms with Gasteiger partial charge in [0.1, 0.15) is 5.75 Å². The third-order valence-electron chi connectivity index (χ3n) is 3.57. The smallest absolute Gasteiger partial charge is 0.262 e. The molecule has 0 saturated carbocycles. The molecular weight excluding hydrogens is 290 g/mol. The number of Topliss-reactive ketones (excluding diaryl/α,β-unsaturated/α-hetero) is 1. The molecule has 0 radical (unpaired) electrons. The van der Waals surface area contributed by atoms with Crippen LogP contribution in [-0.2, 0) is 4.79 Å². The number of ketones is 1. The Kier molecular flexibility index (Phi) is 5.16. The van der Waals surface area contributed by atoms with Gasteiger partial charge in [0.05, 0.1) is 5.56 Å². The molecule has 23 heavy (non-hydrogen) atoms. The summed E-state index contributed by atoms with van der Waals surface area (Å²) >= 11 is 0. The minimum absolute atomic E-state index is 0.0915. The van der Waals surface area contributed by atoms with Gasteiger partial charge in [0, 0.05) is 5.69 Å². The maximum Gasteiger partial charge on any atom is 0.262 e. The lowest BCUT2D eigenvalue weighted by molar-refractivity contribution is -0.118. The summed E-state index contributed by atoms with van der Waals surface area (Å²) in [6.07, 6.45) is 0. The second-order valence-electron chi connectivity index (χ2n) is 5.66. The molecule has 0 aliphatic carbocycles. The number of ether oxygens (including phenoxy) is 1. The van der Waals surface area contributed by atoms with Gasteiger partial charge in [-0.2, -0.15) is 0 Å². The maximum atomic E-state index is 12.1. The van der Waals surface area contributed by atoms with E-state index in [0.29, 0.717) is 11.3 Å². The highest BCUT2D eigenvalue weighted by Crippen LogP contribution is 2.22. The van der Waals surface area contributed by atoms with Crippen LogP contribution in [0.15, 0.2) is 36.4 Å². The molecule has 2 aromatic rings. The summed E-state index contributed by atoms with van der Waals surface area (Å²) in [4.78, 5) is 23.7. The number of carbonyl (C=O) groups excluding carboxylic acids is 2. The minimum Gasteiger partial charge on any atom is -0.483 e. The first-order chi connectivity index (χ1) is 10.9. The minimum atomic E-state index is -0.251. The van der Waals surface area contributed by atoms with Crippen molar-refractivity contribution in [3.63, 3.8) is 0 Å². The number of anilines is 1. The molecule has 0 aliphatic rings. The number of para-hydroxylation sites is 1. The van der Waals surface area contributed by atoms with E-state index in [2.05, 4.69) is 5.32 Å². The van der Waals surface area contributed by atoms with Crippen molar-refractivity contribution in [2.45, 2.75) is 27.7 Å². The van der Waals surface area contributed by atoms with Gasteiger partial charge in [-0.15, -0.1) is 0 Å². The van der Waals surface area contributed by atoms with Crippen molar-refractivity contribution < 1.29 is 14.3 Å². The lowest BCUT2D eigenvalue weighted by Crippen LogP contribution is -2.21. The first-order valence-corrected chi connectivity index (χ1v) is 7.49. The number of rotatable bonds is 5. The Morgan fingerprint density at radius 1 is 1.04 bits per heavy atom. The molecule has 0 aromatic heterocycles. The van der Waals surface area contributed by atoms with Crippen LogP contribution in [0.1, 0.15) is 34.0 Å². The van der Waals surface area contributed by atoms with Crippen LogP contribution in [0.25, 0.3) is 0 Å². The van der Waals surface area contributed by atoms with Gasteiger partial charge in [0.25, 0.3) is 5.91 Å². The zero-order valence-corrected chi connectivity index (χ0v) is 13.9. The average molecular weight is 311 g/mol. The number of hydrogen-bond donors (Lipinski definition) is 1. The molecule has 4 nitrogen and oxygen atoms in total. The molecule has 4 heteroatoms. The summed E-state index contributed by atoms with van der Waals surface area (Å²) in [6.45, 7) is 7.27. The summed E-state index contributed by atoms with van der Waals surface area (Å²) in [5.41, 5.74) is 4.47. The van der Waals surface area contributed by atoms with Crippen LogP contribution < -0.4 is 10.1 Å². The fourth-order valence-electron chi connectivity index (χ4n) is 2.58. The van der Waals surface area contributed by atoms with Crippen molar-refractivity contribution in [2.75, 3.05) is 11.9 Å². The van der Waals surface area contributed by atoms with Gasteiger partial charge >= 0.3 is 0 Å². The molecule has 2 rings (SSSR count). The number of nitrogens with one attached hydrogen (secondary N) is 1. The van der Waals surface area contributed by atoms with Crippen LogP contribution >= 0.6 is 0 Å². The zero-order chi connectivity index (χ0) is 17.0. The first-order valence-electron chi connectivity index (χ1n) is 7.49. The average Bonchev–Trinajstić information content (AvgIpc) is 2.49. The van der Waals surface area contributed by atoms with E-state index < -0.39 is 0 Å². The Hall–Kier alpha value is -2.62. The van der Waals surface area contributed by atoms with Gasteiger partial charge < -0.3 is 10.1 Å². The molecule has 0 aliphatic heterocycles. The number of carbonyl (C=O) groups is 2. The van der Waals surface area contributed by atoms with E-state index in [9.17, 15) is 9.59 Å².